The van der Waals surface area contributed by atoms with Gasteiger partial charge in [-0.05, 0) is 69.0 Å². The number of rotatable bonds is 9. The Morgan fingerprint density at radius 3 is 2.12 bits per heavy atom. The van der Waals surface area contributed by atoms with Gasteiger partial charge in [0.05, 0.1) is 21.9 Å². The first-order chi connectivity index (χ1) is 19.2. The van der Waals surface area contributed by atoms with Crippen LogP contribution in [0.1, 0.15) is 16.7 Å². The summed E-state index contributed by atoms with van der Waals surface area (Å²) in [5, 5.41) is 6.40. The molecule has 1 aliphatic rings. The van der Waals surface area contributed by atoms with Gasteiger partial charge in [-0.3, -0.25) is 9.10 Å². The fraction of sp³-hybridized carbons (Fsp3) is 0.156. The summed E-state index contributed by atoms with van der Waals surface area (Å²) in [6, 6.07) is 31.5. The molecule has 1 amide bonds. The number of amides is 1. The average molecular weight is 553 g/mol. The lowest BCUT2D eigenvalue weighted by atomic mass is 10.00. The maximum Gasteiger partial charge on any atom is 0.264 e. The number of sulfonamides is 1. The van der Waals surface area contributed by atoms with E-state index in [2.05, 4.69) is 10.6 Å². The molecule has 0 bridgehead atoms. The molecule has 1 aliphatic heterocycles. The lowest BCUT2D eigenvalue weighted by Crippen LogP contribution is -2.36. The summed E-state index contributed by atoms with van der Waals surface area (Å²) >= 11 is 0. The Morgan fingerprint density at radius 2 is 1.45 bits per heavy atom. The van der Waals surface area contributed by atoms with E-state index in [-0.39, 0.29) is 10.8 Å². The summed E-state index contributed by atoms with van der Waals surface area (Å²) in [5.41, 5.74) is 5.98. The predicted octanol–water partition coefficient (Wildman–Crippen LogP) is 5.68. The standard InChI is InChI=1S/C32H32N4O3S/c1-23-13-19-27(20-14-23)40(38,39)36(22-21-35(2)3)26-17-15-25(16-18-26)33-31(24-9-5-4-6-10-24)30-28-11-7-8-12-29(28)34-32(30)37/h4-20,33H,21-22H2,1-3H3,(H,34,37). The van der Waals surface area contributed by atoms with Crippen molar-refractivity contribution in [3.8, 4) is 0 Å². The van der Waals surface area contributed by atoms with Crippen molar-refractivity contribution < 1.29 is 13.2 Å². The van der Waals surface area contributed by atoms with E-state index in [1.54, 1.807) is 36.4 Å². The van der Waals surface area contributed by atoms with Crippen LogP contribution in [0.25, 0.3) is 11.3 Å². The largest absolute Gasteiger partial charge is 0.354 e. The third kappa shape index (κ3) is 5.64. The van der Waals surface area contributed by atoms with Gasteiger partial charge in [0.2, 0.25) is 0 Å². The molecule has 4 aromatic rings. The third-order valence-corrected chi connectivity index (χ3v) is 8.61. The molecule has 4 aromatic carbocycles. The number of benzene rings is 4. The van der Waals surface area contributed by atoms with E-state index in [0.29, 0.717) is 30.0 Å². The van der Waals surface area contributed by atoms with Crippen molar-refractivity contribution in [2.24, 2.45) is 0 Å². The Hall–Kier alpha value is -4.40. The molecule has 0 atom stereocenters. The number of hydrogen-bond donors (Lipinski definition) is 2. The van der Waals surface area contributed by atoms with E-state index in [4.69, 9.17) is 0 Å². The molecule has 7 nitrogen and oxygen atoms in total. The molecule has 204 valence electrons. The van der Waals surface area contributed by atoms with E-state index in [1.807, 2.05) is 92.6 Å². The summed E-state index contributed by atoms with van der Waals surface area (Å²) in [5.74, 6) is -0.178. The highest BCUT2D eigenvalue weighted by atomic mass is 32.2. The van der Waals surface area contributed by atoms with Gasteiger partial charge in [0.25, 0.3) is 15.9 Å². The number of fused-ring (bicyclic) bond motifs is 1. The maximum atomic E-state index is 13.7. The van der Waals surface area contributed by atoms with Crippen LogP contribution in [0.2, 0.25) is 0 Å². The molecule has 0 saturated heterocycles. The summed E-state index contributed by atoms with van der Waals surface area (Å²) < 4.78 is 28.8. The second-order valence-electron chi connectivity index (χ2n) is 9.98. The van der Waals surface area contributed by atoms with E-state index < -0.39 is 10.0 Å². The zero-order valence-corrected chi connectivity index (χ0v) is 23.6. The predicted molar refractivity (Wildman–Crippen MR) is 163 cm³/mol. The zero-order chi connectivity index (χ0) is 28.3. The third-order valence-electron chi connectivity index (χ3n) is 6.77. The van der Waals surface area contributed by atoms with Crippen molar-refractivity contribution in [3.05, 3.63) is 120 Å². The number of hydrogen-bond acceptors (Lipinski definition) is 5. The highest BCUT2D eigenvalue weighted by molar-refractivity contribution is 7.92. The van der Waals surface area contributed by atoms with Gasteiger partial charge in [-0.1, -0.05) is 66.2 Å². The fourth-order valence-corrected chi connectivity index (χ4v) is 6.08. The molecule has 0 spiro atoms. The molecule has 5 rings (SSSR count). The molecule has 40 heavy (non-hydrogen) atoms. The van der Waals surface area contributed by atoms with Gasteiger partial charge >= 0.3 is 0 Å². The smallest absolute Gasteiger partial charge is 0.264 e. The number of aryl methyl sites for hydroxylation is 1. The van der Waals surface area contributed by atoms with E-state index in [9.17, 15) is 13.2 Å². The van der Waals surface area contributed by atoms with Crippen molar-refractivity contribution in [3.63, 3.8) is 0 Å². The molecule has 8 heteroatoms. The first kappa shape index (κ1) is 27.2. The van der Waals surface area contributed by atoms with Crippen LogP contribution in [0.3, 0.4) is 0 Å². The van der Waals surface area contributed by atoms with E-state index >= 15 is 0 Å². The Balaban J connectivity index is 1.51. The molecule has 0 aliphatic carbocycles. The van der Waals surface area contributed by atoms with Crippen molar-refractivity contribution in [2.75, 3.05) is 42.1 Å². The topological polar surface area (TPSA) is 81.8 Å². The van der Waals surface area contributed by atoms with Gasteiger partial charge in [0.15, 0.2) is 0 Å². The monoisotopic (exact) mass is 552 g/mol. The van der Waals surface area contributed by atoms with Crippen molar-refractivity contribution >= 4 is 44.3 Å². The molecule has 0 radical (unpaired) electrons. The van der Waals surface area contributed by atoms with Crippen LogP contribution >= 0.6 is 0 Å². The Bertz CT molecular complexity index is 1650. The van der Waals surface area contributed by atoms with Gasteiger partial charge in [-0.15, -0.1) is 0 Å². The fourth-order valence-electron chi connectivity index (χ4n) is 4.62. The highest BCUT2D eigenvalue weighted by Gasteiger charge is 2.28. The summed E-state index contributed by atoms with van der Waals surface area (Å²) in [4.78, 5) is 15.3. The van der Waals surface area contributed by atoms with Crippen LogP contribution in [0.15, 0.2) is 108 Å². The van der Waals surface area contributed by atoms with Gasteiger partial charge in [0.1, 0.15) is 0 Å². The normalized spacial score (nSPS) is 14.1. The SMILES string of the molecule is Cc1ccc(S(=O)(=O)N(CCN(C)C)c2ccc(NC(=C3C(=O)Nc4ccccc43)c3ccccc3)cc2)cc1. The number of likely N-dealkylation sites (N-methyl/N-ethyl adjacent to an activating group) is 1. The Kier molecular flexibility index (Phi) is 7.73. The minimum absolute atomic E-state index is 0.178. The molecule has 0 unspecified atom stereocenters. The summed E-state index contributed by atoms with van der Waals surface area (Å²) in [6.45, 7) is 2.79. The molecule has 2 N–H and O–H groups in total. The van der Waals surface area contributed by atoms with E-state index in [0.717, 1.165) is 28.1 Å². The van der Waals surface area contributed by atoms with Gasteiger partial charge < -0.3 is 15.5 Å². The number of anilines is 3. The van der Waals surface area contributed by atoms with Crippen LogP contribution in [0, 0.1) is 6.92 Å². The minimum Gasteiger partial charge on any atom is -0.354 e. The van der Waals surface area contributed by atoms with Crippen molar-refractivity contribution in [2.45, 2.75) is 11.8 Å². The number of nitrogens with one attached hydrogen (secondary N) is 2. The Labute approximate surface area is 235 Å². The Morgan fingerprint density at radius 1 is 0.800 bits per heavy atom. The van der Waals surface area contributed by atoms with Crippen LogP contribution < -0.4 is 14.9 Å². The van der Waals surface area contributed by atoms with Gasteiger partial charge in [-0.2, -0.15) is 0 Å². The van der Waals surface area contributed by atoms with Crippen LogP contribution in [-0.4, -0.2) is 46.4 Å². The average Bonchev–Trinajstić information content (AvgIpc) is 3.28. The van der Waals surface area contributed by atoms with Gasteiger partial charge in [0, 0.05) is 30.0 Å². The molecule has 0 fully saturated rings. The van der Waals surface area contributed by atoms with Crippen LogP contribution in [0.4, 0.5) is 17.1 Å². The molecular formula is C32H32N4O3S. The first-order valence-corrected chi connectivity index (χ1v) is 14.5. The summed E-state index contributed by atoms with van der Waals surface area (Å²) in [6.07, 6.45) is 0. The molecule has 0 aromatic heterocycles. The minimum atomic E-state index is -3.78. The maximum absolute atomic E-state index is 13.7. The number of carbonyl (C=O) groups is 1. The van der Waals surface area contributed by atoms with Crippen molar-refractivity contribution in [1.29, 1.82) is 0 Å². The van der Waals surface area contributed by atoms with Gasteiger partial charge in [-0.25, -0.2) is 8.42 Å². The summed E-state index contributed by atoms with van der Waals surface area (Å²) in [7, 11) is 0.0574. The van der Waals surface area contributed by atoms with Crippen LogP contribution in [0.5, 0.6) is 0 Å². The first-order valence-electron chi connectivity index (χ1n) is 13.1. The lowest BCUT2D eigenvalue weighted by molar-refractivity contribution is -0.110. The zero-order valence-electron chi connectivity index (χ0n) is 22.8. The van der Waals surface area contributed by atoms with Crippen LogP contribution in [-0.2, 0) is 14.8 Å². The highest BCUT2D eigenvalue weighted by Crippen LogP contribution is 2.37. The molecular weight excluding hydrogens is 520 g/mol. The number of nitrogens with zero attached hydrogens (tertiary/aromatic N) is 2. The number of carbonyl (C=O) groups excluding carboxylic acids is 1. The quantitative estimate of drug-likeness (QED) is 0.261. The van der Waals surface area contributed by atoms with Crippen molar-refractivity contribution in [1.82, 2.24) is 4.90 Å². The second-order valence-corrected chi connectivity index (χ2v) is 11.8. The molecule has 1 heterocycles. The second kappa shape index (κ2) is 11.4. The van der Waals surface area contributed by atoms with E-state index in [1.165, 1.54) is 4.31 Å². The number of para-hydroxylation sites is 1. The molecule has 0 saturated carbocycles. The lowest BCUT2D eigenvalue weighted by Gasteiger charge is -2.26.